The third-order valence-corrected chi connectivity index (χ3v) is 11.0. The van der Waals surface area contributed by atoms with Crippen LogP contribution in [0.25, 0.3) is 44.6 Å². The summed E-state index contributed by atoms with van der Waals surface area (Å²) in [7, 11) is 0. The van der Waals surface area contributed by atoms with Gasteiger partial charge in [-0.3, -0.25) is 0 Å². The molecule has 2 aliphatic carbocycles. The van der Waals surface area contributed by atoms with Gasteiger partial charge in [0.25, 0.3) is 0 Å². The van der Waals surface area contributed by atoms with Crippen molar-refractivity contribution in [1.29, 1.82) is 0 Å². The summed E-state index contributed by atoms with van der Waals surface area (Å²) in [6.07, 6.45) is 22.2. The lowest BCUT2D eigenvalue weighted by atomic mass is 9.67. The fourth-order valence-corrected chi connectivity index (χ4v) is 8.09. The van der Waals surface area contributed by atoms with Gasteiger partial charge in [-0.15, -0.1) is 0 Å². The molecule has 0 aliphatic heterocycles. The van der Waals surface area contributed by atoms with Gasteiger partial charge in [0.15, 0.2) is 11.4 Å². The van der Waals surface area contributed by atoms with Crippen LogP contribution in [0.2, 0.25) is 0 Å². The molecule has 0 amide bonds. The summed E-state index contributed by atoms with van der Waals surface area (Å²) in [6.45, 7) is 9.96. The van der Waals surface area contributed by atoms with E-state index in [1.54, 1.807) is 6.08 Å². The van der Waals surface area contributed by atoms with E-state index in [9.17, 15) is 0 Å². The van der Waals surface area contributed by atoms with Gasteiger partial charge in [0.1, 0.15) is 5.52 Å². The van der Waals surface area contributed by atoms with Gasteiger partial charge in [0, 0.05) is 11.1 Å². The monoisotopic (exact) mass is 799 g/mol. The molecule has 0 radical (unpaired) electrons. The lowest BCUT2D eigenvalue weighted by Crippen LogP contribution is -2.28. The van der Waals surface area contributed by atoms with Gasteiger partial charge < -0.3 is 4.42 Å². The lowest BCUT2D eigenvalue weighted by molar-refractivity contribution is 0.586. The van der Waals surface area contributed by atoms with Crippen LogP contribution in [-0.2, 0) is 5.41 Å². The average molecular weight is 800 g/mol. The first-order valence-corrected chi connectivity index (χ1v) is 19.1. The van der Waals surface area contributed by atoms with Crippen LogP contribution in [0.4, 0.5) is 0 Å². The Labute approximate surface area is 324 Å². The van der Waals surface area contributed by atoms with Crippen molar-refractivity contribution in [3.8, 4) is 22.4 Å². The summed E-state index contributed by atoms with van der Waals surface area (Å²) < 4.78 is 6.26. The molecule has 2 atom stereocenters. The van der Waals surface area contributed by atoms with Crippen molar-refractivity contribution in [3.63, 3.8) is 0 Å². The fraction of sp³-hybridized carbons (Fsp3) is 0.104. The molecule has 53 heavy (non-hydrogen) atoms. The molecule has 0 N–H and O–H groups in total. The predicted molar refractivity (Wildman–Crippen MR) is 228 cm³/mol. The number of halogens is 1. The molecule has 2 heterocycles. The van der Waals surface area contributed by atoms with E-state index in [4.69, 9.17) is 19.4 Å². The van der Waals surface area contributed by atoms with Crippen LogP contribution in [0.15, 0.2) is 175 Å². The Hall–Kier alpha value is -5.66. The molecule has 0 fully saturated rings. The molecule has 2 aliphatic rings. The van der Waals surface area contributed by atoms with Crippen LogP contribution in [0.3, 0.4) is 0 Å². The number of benzene rings is 4. The smallest absolute Gasteiger partial charge is 0.226 e. The lowest BCUT2D eigenvalue weighted by Gasteiger charge is -2.33. The maximum Gasteiger partial charge on any atom is 0.226 e. The Bertz CT molecular complexity index is 2530. The minimum absolute atomic E-state index is 0.0899. The highest BCUT2D eigenvalue weighted by Gasteiger charge is 2.46. The highest BCUT2D eigenvalue weighted by atomic mass is 127. The molecule has 5 heteroatoms. The van der Waals surface area contributed by atoms with Gasteiger partial charge in [-0.2, -0.15) is 0 Å². The highest BCUT2D eigenvalue weighted by Crippen LogP contribution is 2.57. The van der Waals surface area contributed by atoms with Crippen LogP contribution in [0.5, 0.6) is 0 Å². The summed E-state index contributed by atoms with van der Waals surface area (Å²) in [5, 5.41) is 0. The van der Waals surface area contributed by atoms with E-state index in [0.29, 0.717) is 11.5 Å². The van der Waals surface area contributed by atoms with E-state index in [2.05, 4.69) is 163 Å². The zero-order valence-corrected chi connectivity index (χ0v) is 31.7. The van der Waals surface area contributed by atoms with Crippen molar-refractivity contribution < 1.29 is 4.42 Å². The van der Waals surface area contributed by atoms with E-state index in [1.165, 1.54) is 27.8 Å². The number of hydrogen-bond donors (Lipinski definition) is 0. The molecule has 0 spiro atoms. The van der Waals surface area contributed by atoms with Gasteiger partial charge >= 0.3 is 0 Å². The number of nitrogens with zero attached hydrogens (tertiary/aromatic N) is 3. The maximum absolute atomic E-state index is 6.17. The fourth-order valence-electron chi connectivity index (χ4n) is 7.53. The van der Waals surface area contributed by atoms with Crippen molar-refractivity contribution in [2.75, 3.05) is 0 Å². The molecule has 6 aromatic rings. The Morgan fingerprint density at radius 1 is 0.849 bits per heavy atom. The first-order valence-electron chi connectivity index (χ1n) is 17.9. The van der Waals surface area contributed by atoms with Crippen molar-refractivity contribution in [1.82, 2.24) is 15.0 Å². The van der Waals surface area contributed by atoms with Crippen molar-refractivity contribution >= 4 is 44.8 Å². The molecule has 0 saturated carbocycles. The standard InChI is InChI=1S/C48H38IN3O/c1-4-6-10-24-41(49)43-31-42(50-46(51-43)33-18-11-8-12-19-33)34-25-27-40-38(29-34)37-22-15-16-23-39(37)48(40,35-20-13-9-14-21-35)36-26-28-45-44(30-36)52-47(53-45)32(3)17-7-5-2/h4-11,13-18,20-31,41H,2-3,12,19H2,1H3/b6-4-,17-7-,24-10-. The van der Waals surface area contributed by atoms with Crippen LogP contribution in [0, 0.1) is 0 Å². The molecule has 2 unspecified atom stereocenters. The zero-order chi connectivity index (χ0) is 36.4. The second kappa shape index (κ2) is 14.8. The molecule has 0 saturated heterocycles. The minimum atomic E-state index is -0.592. The average Bonchev–Trinajstić information content (AvgIpc) is 3.78. The molecule has 4 nitrogen and oxygen atoms in total. The molecular formula is C48H38IN3O. The summed E-state index contributed by atoms with van der Waals surface area (Å²) in [6, 6.07) is 35.0. The normalized spacial score (nSPS) is 17.1. The summed E-state index contributed by atoms with van der Waals surface area (Å²) in [5.74, 6) is 1.29. The van der Waals surface area contributed by atoms with Crippen LogP contribution < -0.4 is 0 Å². The van der Waals surface area contributed by atoms with Gasteiger partial charge in [-0.1, -0.05) is 169 Å². The first kappa shape index (κ1) is 34.4. The largest absolute Gasteiger partial charge is 0.436 e. The second-order valence-electron chi connectivity index (χ2n) is 13.2. The molecule has 258 valence electrons. The third-order valence-electron chi connectivity index (χ3n) is 9.99. The van der Waals surface area contributed by atoms with E-state index in [-0.39, 0.29) is 3.92 Å². The van der Waals surface area contributed by atoms with E-state index < -0.39 is 5.41 Å². The summed E-state index contributed by atoms with van der Waals surface area (Å²) in [4.78, 5) is 15.2. The van der Waals surface area contributed by atoms with Gasteiger partial charge in [0.05, 0.1) is 20.7 Å². The zero-order valence-electron chi connectivity index (χ0n) is 29.5. The number of fused-ring (bicyclic) bond motifs is 4. The number of rotatable bonds is 10. The second-order valence-corrected chi connectivity index (χ2v) is 14.6. The quantitative estimate of drug-likeness (QED) is 0.0785. The highest BCUT2D eigenvalue weighted by molar-refractivity contribution is 14.1. The van der Waals surface area contributed by atoms with E-state index in [1.807, 2.05) is 31.2 Å². The molecular weight excluding hydrogens is 761 g/mol. The maximum atomic E-state index is 6.17. The van der Waals surface area contributed by atoms with Gasteiger partial charge in [-0.05, 0) is 83.0 Å². The van der Waals surface area contributed by atoms with Gasteiger partial charge in [-0.25, -0.2) is 15.0 Å². The Kier molecular flexibility index (Phi) is 9.59. The molecule has 4 aromatic carbocycles. The first-order chi connectivity index (χ1) is 26.0. The molecule has 2 aromatic heterocycles. The van der Waals surface area contributed by atoms with Crippen molar-refractivity contribution in [2.45, 2.75) is 29.1 Å². The molecule has 8 rings (SSSR count). The number of alkyl halides is 1. The molecule has 0 bridgehead atoms. The van der Waals surface area contributed by atoms with Crippen LogP contribution in [0.1, 0.15) is 63.4 Å². The number of hydrogen-bond acceptors (Lipinski definition) is 4. The Morgan fingerprint density at radius 3 is 2.49 bits per heavy atom. The number of allylic oxidation sites excluding steroid dienone is 12. The summed E-state index contributed by atoms with van der Waals surface area (Å²) >= 11 is 2.47. The van der Waals surface area contributed by atoms with Crippen LogP contribution >= 0.6 is 22.6 Å². The topological polar surface area (TPSA) is 51.8 Å². The third kappa shape index (κ3) is 6.29. The van der Waals surface area contributed by atoms with Crippen LogP contribution in [-0.4, -0.2) is 15.0 Å². The van der Waals surface area contributed by atoms with Crippen molar-refractivity contribution in [2.24, 2.45) is 0 Å². The Morgan fingerprint density at radius 2 is 1.68 bits per heavy atom. The number of aromatic nitrogens is 3. The minimum Gasteiger partial charge on any atom is -0.436 e. The van der Waals surface area contributed by atoms with E-state index in [0.717, 1.165) is 57.9 Å². The summed E-state index contributed by atoms with van der Waals surface area (Å²) in [5.41, 5.74) is 12.9. The van der Waals surface area contributed by atoms with E-state index >= 15 is 0 Å². The Balaban J connectivity index is 1.32. The van der Waals surface area contributed by atoms with Gasteiger partial charge in [0.2, 0.25) is 5.89 Å². The van der Waals surface area contributed by atoms with Crippen molar-refractivity contribution in [3.05, 3.63) is 211 Å². The predicted octanol–water partition coefficient (Wildman–Crippen LogP) is 12.7. The SMILES string of the molecule is C=C/C=C\C(=C)c1nc2cc(C3(c4ccccc4)c4ccccc4-c4cc(-c5cc(C(I)/C=C\C=C/C)nc(C6=CC=CCC6)n5)ccc43)ccc2o1. The number of oxazole rings is 1.